The SMILES string of the molecule is O=C(CC1CCCC1)Nc1ccc(-c2nc3ccccc3s2)cn1. The van der Waals surface area contributed by atoms with Gasteiger partial charge in [-0.3, -0.25) is 4.79 Å². The molecule has 0 saturated heterocycles. The smallest absolute Gasteiger partial charge is 0.225 e. The van der Waals surface area contributed by atoms with E-state index in [-0.39, 0.29) is 5.91 Å². The number of carbonyl (C=O) groups is 1. The van der Waals surface area contributed by atoms with Crippen LogP contribution < -0.4 is 5.32 Å². The van der Waals surface area contributed by atoms with E-state index in [1.54, 1.807) is 17.5 Å². The van der Waals surface area contributed by atoms with Gasteiger partial charge in [-0.1, -0.05) is 25.0 Å². The minimum atomic E-state index is 0.0714. The molecular weight excluding hydrogens is 318 g/mol. The number of thiazole rings is 1. The average molecular weight is 337 g/mol. The lowest BCUT2D eigenvalue weighted by atomic mass is 10.0. The first-order valence-corrected chi connectivity index (χ1v) is 9.21. The first-order chi connectivity index (χ1) is 11.8. The molecule has 1 saturated carbocycles. The number of carbonyl (C=O) groups excluding carboxylic acids is 1. The van der Waals surface area contributed by atoms with E-state index in [1.165, 1.54) is 30.4 Å². The van der Waals surface area contributed by atoms with Crippen molar-refractivity contribution < 1.29 is 4.79 Å². The Bertz CT molecular complexity index is 817. The molecule has 0 aliphatic heterocycles. The van der Waals surface area contributed by atoms with Crippen molar-refractivity contribution in [3.63, 3.8) is 0 Å². The van der Waals surface area contributed by atoms with Gasteiger partial charge in [-0.25, -0.2) is 9.97 Å². The normalized spacial score (nSPS) is 15.0. The van der Waals surface area contributed by atoms with Crippen LogP contribution in [0.2, 0.25) is 0 Å². The molecule has 5 heteroatoms. The molecule has 2 heterocycles. The molecule has 1 aliphatic rings. The van der Waals surface area contributed by atoms with E-state index in [9.17, 15) is 4.79 Å². The summed E-state index contributed by atoms with van der Waals surface area (Å²) < 4.78 is 1.17. The number of benzene rings is 1. The summed E-state index contributed by atoms with van der Waals surface area (Å²) in [4.78, 5) is 21.1. The zero-order valence-corrected chi connectivity index (χ0v) is 14.2. The van der Waals surface area contributed by atoms with Gasteiger partial charge in [0.05, 0.1) is 10.2 Å². The van der Waals surface area contributed by atoms with Gasteiger partial charge in [0.1, 0.15) is 10.8 Å². The fourth-order valence-electron chi connectivity index (χ4n) is 3.26. The average Bonchev–Trinajstić information content (AvgIpc) is 3.24. The summed E-state index contributed by atoms with van der Waals surface area (Å²) in [5.41, 5.74) is 1.98. The van der Waals surface area contributed by atoms with Crippen molar-refractivity contribution >= 4 is 33.3 Å². The second-order valence-electron chi connectivity index (χ2n) is 6.32. The van der Waals surface area contributed by atoms with Gasteiger partial charge >= 0.3 is 0 Å². The monoisotopic (exact) mass is 337 g/mol. The second kappa shape index (κ2) is 6.69. The lowest BCUT2D eigenvalue weighted by Gasteiger charge is -2.09. The number of hydrogen-bond acceptors (Lipinski definition) is 4. The molecule has 4 nitrogen and oxygen atoms in total. The molecule has 4 rings (SSSR count). The first kappa shape index (κ1) is 15.3. The van der Waals surface area contributed by atoms with Crippen molar-refractivity contribution in [1.82, 2.24) is 9.97 Å². The van der Waals surface area contributed by atoms with E-state index >= 15 is 0 Å². The van der Waals surface area contributed by atoms with Crippen molar-refractivity contribution in [3.8, 4) is 10.6 Å². The number of para-hydroxylation sites is 1. The Morgan fingerprint density at radius 2 is 2.00 bits per heavy atom. The molecule has 24 heavy (non-hydrogen) atoms. The van der Waals surface area contributed by atoms with Crippen LogP contribution >= 0.6 is 11.3 Å². The van der Waals surface area contributed by atoms with Crippen LogP contribution in [0.3, 0.4) is 0 Å². The molecular formula is C19H19N3OS. The highest BCUT2D eigenvalue weighted by molar-refractivity contribution is 7.21. The summed E-state index contributed by atoms with van der Waals surface area (Å²) in [6, 6.07) is 11.9. The summed E-state index contributed by atoms with van der Waals surface area (Å²) in [5, 5.41) is 3.86. The number of fused-ring (bicyclic) bond motifs is 1. The number of aromatic nitrogens is 2. The van der Waals surface area contributed by atoms with Crippen molar-refractivity contribution in [1.29, 1.82) is 0 Å². The molecule has 0 atom stereocenters. The largest absolute Gasteiger partial charge is 0.311 e. The van der Waals surface area contributed by atoms with Crippen LogP contribution in [0.5, 0.6) is 0 Å². The Labute approximate surface area is 145 Å². The van der Waals surface area contributed by atoms with Crippen molar-refractivity contribution in [3.05, 3.63) is 42.6 Å². The van der Waals surface area contributed by atoms with Crippen LogP contribution in [-0.2, 0) is 4.79 Å². The highest BCUT2D eigenvalue weighted by Gasteiger charge is 2.18. The molecule has 3 aromatic rings. The molecule has 2 aromatic heterocycles. The highest BCUT2D eigenvalue weighted by Crippen LogP contribution is 2.30. The van der Waals surface area contributed by atoms with E-state index in [0.717, 1.165) is 16.1 Å². The summed E-state index contributed by atoms with van der Waals surface area (Å²) >= 11 is 1.65. The van der Waals surface area contributed by atoms with Gasteiger partial charge in [0, 0.05) is 18.2 Å². The zero-order chi connectivity index (χ0) is 16.4. The Balaban J connectivity index is 1.45. The number of hydrogen-bond donors (Lipinski definition) is 1. The molecule has 1 amide bonds. The summed E-state index contributed by atoms with van der Waals surface area (Å²) in [7, 11) is 0. The van der Waals surface area contributed by atoms with Gasteiger partial charge in [0.2, 0.25) is 5.91 Å². The summed E-state index contributed by atoms with van der Waals surface area (Å²) in [6.45, 7) is 0. The van der Waals surface area contributed by atoms with Crippen LogP contribution in [0.15, 0.2) is 42.6 Å². The van der Waals surface area contributed by atoms with Crippen LogP contribution in [-0.4, -0.2) is 15.9 Å². The van der Waals surface area contributed by atoms with Crippen LogP contribution in [0.1, 0.15) is 32.1 Å². The molecule has 1 N–H and O–H groups in total. The fraction of sp³-hybridized carbons (Fsp3) is 0.316. The van der Waals surface area contributed by atoms with Gasteiger partial charge in [0.15, 0.2) is 0 Å². The molecule has 122 valence electrons. The van der Waals surface area contributed by atoms with Crippen molar-refractivity contribution in [2.45, 2.75) is 32.1 Å². The lowest BCUT2D eigenvalue weighted by molar-refractivity contribution is -0.117. The van der Waals surface area contributed by atoms with E-state index in [0.29, 0.717) is 18.2 Å². The first-order valence-electron chi connectivity index (χ1n) is 8.40. The van der Waals surface area contributed by atoms with Crippen LogP contribution in [0, 0.1) is 5.92 Å². The van der Waals surface area contributed by atoms with Gasteiger partial charge < -0.3 is 5.32 Å². The van der Waals surface area contributed by atoms with E-state index in [2.05, 4.69) is 21.4 Å². The summed E-state index contributed by atoms with van der Waals surface area (Å²) in [6.07, 6.45) is 7.26. The number of pyridine rings is 1. The predicted octanol–water partition coefficient (Wildman–Crippen LogP) is 4.88. The topological polar surface area (TPSA) is 54.9 Å². The Morgan fingerprint density at radius 1 is 1.17 bits per heavy atom. The predicted molar refractivity (Wildman–Crippen MR) is 98.1 cm³/mol. The van der Waals surface area contributed by atoms with Gasteiger partial charge in [-0.15, -0.1) is 11.3 Å². The number of nitrogens with zero attached hydrogens (tertiary/aromatic N) is 2. The molecule has 0 radical (unpaired) electrons. The van der Waals surface area contributed by atoms with Crippen molar-refractivity contribution in [2.75, 3.05) is 5.32 Å². The molecule has 0 spiro atoms. The van der Waals surface area contributed by atoms with Gasteiger partial charge in [-0.05, 0) is 43.0 Å². The van der Waals surface area contributed by atoms with Gasteiger partial charge in [-0.2, -0.15) is 0 Å². The third-order valence-corrected chi connectivity index (χ3v) is 5.61. The second-order valence-corrected chi connectivity index (χ2v) is 7.35. The fourth-order valence-corrected chi connectivity index (χ4v) is 4.22. The molecule has 0 bridgehead atoms. The maximum absolute atomic E-state index is 12.1. The van der Waals surface area contributed by atoms with E-state index < -0.39 is 0 Å². The third-order valence-electron chi connectivity index (χ3n) is 4.52. The van der Waals surface area contributed by atoms with Gasteiger partial charge in [0.25, 0.3) is 0 Å². The number of anilines is 1. The minimum absolute atomic E-state index is 0.0714. The van der Waals surface area contributed by atoms with Crippen molar-refractivity contribution in [2.24, 2.45) is 5.92 Å². The maximum atomic E-state index is 12.1. The Kier molecular flexibility index (Phi) is 4.26. The molecule has 1 fully saturated rings. The number of rotatable bonds is 4. The van der Waals surface area contributed by atoms with E-state index in [4.69, 9.17) is 0 Å². The molecule has 0 unspecified atom stereocenters. The van der Waals surface area contributed by atoms with Crippen LogP contribution in [0.4, 0.5) is 5.82 Å². The standard InChI is InChI=1S/C19H19N3OS/c23-18(11-13-5-1-2-6-13)22-17-10-9-14(12-20-17)19-21-15-7-3-4-8-16(15)24-19/h3-4,7-10,12-13H,1-2,5-6,11H2,(H,20,22,23). The highest BCUT2D eigenvalue weighted by atomic mass is 32.1. The van der Waals surface area contributed by atoms with E-state index in [1.807, 2.05) is 30.3 Å². The Morgan fingerprint density at radius 3 is 2.75 bits per heavy atom. The maximum Gasteiger partial charge on any atom is 0.225 e. The third kappa shape index (κ3) is 3.31. The minimum Gasteiger partial charge on any atom is -0.311 e. The summed E-state index contributed by atoms with van der Waals surface area (Å²) in [5.74, 6) is 1.23. The molecule has 1 aromatic carbocycles. The number of amides is 1. The van der Waals surface area contributed by atoms with Crippen LogP contribution in [0.25, 0.3) is 20.8 Å². The quantitative estimate of drug-likeness (QED) is 0.738. The Hall–Kier alpha value is -2.27. The number of nitrogens with one attached hydrogen (secondary N) is 1. The molecule has 1 aliphatic carbocycles. The zero-order valence-electron chi connectivity index (χ0n) is 13.4. The lowest BCUT2D eigenvalue weighted by Crippen LogP contribution is -2.15.